The van der Waals surface area contributed by atoms with E-state index in [-0.39, 0.29) is 4.90 Å². The lowest BCUT2D eigenvalue weighted by Gasteiger charge is -2.21. The molecule has 36 heavy (non-hydrogen) atoms. The molecular formula is C27H26FN3O4S. The molecule has 0 spiro atoms. The molecule has 2 aromatic heterocycles. The highest BCUT2D eigenvalue weighted by Crippen LogP contribution is 2.29. The Morgan fingerprint density at radius 1 is 1.03 bits per heavy atom. The fourth-order valence-corrected chi connectivity index (χ4v) is 5.43. The van der Waals surface area contributed by atoms with Gasteiger partial charge in [0.15, 0.2) is 4.90 Å². The number of aromatic hydroxyl groups is 1. The van der Waals surface area contributed by atoms with E-state index >= 15 is 0 Å². The number of aryl methyl sites for hydroxylation is 1. The van der Waals surface area contributed by atoms with Crippen molar-refractivity contribution in [2.45, 2.75) is 48.9 Å². The van der Waals surface area contributed by atoms with E-state index in [9.17, 15) is 22.7 Å². The zero-order valence-electron chi connectivity index (χ0n) is 19.9. The van der Waals surface area contributed by atoms with Crippen LogP contribution in [0.25, 0.3) is 11.1 Å². The van der Waals surface area contributed by atoms with Crippen molar-refractivity contribution in [3.63, 3.8) is 0 Å². The Bertz CT molecular complexity index is 1540. The van der Waals surface area contributed by atoms with E-state index in [2.05, 4.69) is 9.97 Å². The number of sulfone groups is 1. The highest BCUT2D eigenvalue weighted by atomic mass is 32.2. The van der Waals surface area contributed by atoms with E-state index in [0.29, 0.717) is 23.4 Å². The topological polar surface area (TPSA) is 102 Å². The summed E-state index contributed by atoms with van der Waals surface area (Å²) in [5, 5.41) is 10.7. The molecule has 4 aromatic rings. The van der Waals surface area contributed by atoms with Crippen LogP contribution >= 0.6 is 0 Å². The third-order valence-corrected chi connectivity index (χ3v) is 7.81. The maximum Gasteiger partial charge on any atom is 0.277 e. The Kier molecular flexibility index (Phi) is 7.30. The predicted molar refractivity (Wildman–Crippen MR) is 134 cm³/mol. The van der Waals surface area contributed by atoms with Crippen molar-refractivity contribution in [1.82, 2.24) is 14.5 Å². The first-order chi connectivity index (χ1) is 17.2. The number of benzene rings is 2. The zero-order chi connectivity index (χ0) is 25.9. The first-order valence-corrected chi connectivity index (χ1v) is 13.1. The van der Waals surface area contributed by atoms with Gasteiger partial charge in [0.05, 0.1) is 17.1 Å². The summed E-state index contributed by atoms with van der Waals surface area (Å²) in [5.74, 6) is -1.01. The molecule has 0 aliphatic carbocycles. The van der Waals surface area contributed by atoms with Crippen LogP contribution in [0.3, 0.4) is 0 Å². The number of halogens is 1. The SMILES string of the molecule is CCCCc1nc(O)c(S(=O)(=O)c2ccc(-c3cncc(F)c3)cc2)c(=O)n1[C@@H](C)c1ccccc1. The summed E-state index contributed by atoms with van der Waals surface area (Å²) in [6.07, 6.45) is 4.50. The molecule has 1 atom stereocenters. The minimum atomic E-state index is -4.42. The lowest BCUT2D eigenvalue weighted by molar-refractivity contribution is 0.412. The van der Waals surface area contributed by atoms with Crippen LogP contribution in [0.1, 0.15) is 44.1 Å². The van der Waals surface area contributed by atoms with Gasteiger partial charge in [0.25, 0.3) is 5.56 Å². The molecule has 0 aliphatic rings. The number of aromatic nitrogens is 3. The molecule has 2 heterocycles. The van der Waals surface area contributed by atoms with Crippen LogP contribution in [0.4, 0.5) is 4.39 Å². The number of pyridine rings is 1. The quantitative estimate of drug-likeness (QED) is 0.363. The van der Waals surface area contributed by atoms with Crippen LogP contribution in [0.5, 0.6) is 5.88 Å². The monoisotopic (exact) mass is 507 g/mol. The van der Waals surface area contributed by atoms with E-state index < -0.39 is 38.0 Å². The van der Waals surface area contributed by atoms with Crippen LogP contribution in [-0.4, -0.2) is 28.1 Å². The van der Waals surface area contributed by atoms with Crippen molar-refractivity contribution in [2.75, 3.05) is 0 Å². The van der Waals surface area contributed by atoms with Gasteiger partial charge in [0.2, 0.25) is 15.7 Å². The lowest BCUT2D eigenvalue weighted by atomic mass is 10.1. The van der Waals surface area contributed by atoms with Crippen molar-refractivity contribution in [3.8, 4) is 17.0 Å². The Morgan fingerprint density at radius 3 is 2.36 bits per heavy atom. The summed E-state index contributed by atoms with van der Waals surface area (Å²) in [4.78, 5) is 20.7. The van der Waals surface area contributed by atoms with E-state index in [4.69, 9.17) is 0 Å². The van der Waals surface area contributed by atoms with E-state index in [1.807, 2.05) is 37.3 Å². The third-order valence-electron chi connectivity index (χ3n) is 6.02. The molecule has 1 N–H and O–H groups in total. The van der Waals surface area contributed by atoms with Gasteiger partial charge in [0.1, 0.15) is 11.6 Å². The fraction of sp³-hybridized carbons (Fsp3) is 0.222. The average Bonchev–Trinajstić information content (AvgIpc) is 2.87. The summed E-state index contributed by atoms with van der Waals surface area (Å²) in [6.45, 7) is 3.79. The van der Waals surface area contributed by atoms with Crippen LogP contribution < -0.4 is 5.56 Å². The van der Waals surface area contributed by atoms with Gasteiger partial charge >= 0.3 is 0 Å². The van der Waals surface area contributed by atoms with Gasteiger partial charge in [-0.1, -0.05) is 55.8 Å². The molecule has 7 nitrogen and oxygen atoms in total. The molecule has 0 fully saturated rings. The Hall–Kier alpha value is -3.85. The normalized spacial score (nSPS) is 12.4. The van der Waals surface area contributed by atoms with Crippen molar-refractivity contribution in [1.29, 1.82) is 0 Å². The average molecular weight is 508 g/mol. The van der Waals surface area contributed by atoms with Gasteiger partial charge in [-0.05, 0) is 42.7 Å². The lowest BCUT2D eigenvalue weighted by Crippen LogP contribution is -2.32. The minimum Gasteiger partial charge on any atom is -0.492 e. The summed E-state index contributed by atoms with van der Waals surface area (Å²) >= 11 is 0. The second-order valence-electron chi connectivity index (χ2n) is 8.47. The van der Waals surface area contributed by atoms with Crippen LogP contribution in [0.2, 0.25) is 0 Å². The van der Waals surface area contributed by atoms with Crippen molar-refractivity contribution in [2.24, 2.45) is 0 Å². The Labute approximate surface area is 208 Å². The van der Waals surface area contributed by atoms with Crippen molar-refractivity contribution < 1.29 is 17.9 Å². The van der Waals surface area contributed by atoms with Crippen LogP contribution in [0, 0.1) is 5.82 Å². The number of nitrogens with zero attached hydrogens (tertiary/aromatic N) is 3. The van der Waals surface area contributed by atoms with Crippen molar-refractivity contribution >= 4 is 9.84 Å². The molecule has 9 heteroatoms. The highest BCUT2D eigenvalue weighted by molar-refractivity contribution is 7.91. The van der Waals surface area contributed by atoms with E-state index in [0.717, 1.165) is 24.6 Å². The smallest absolute Gasteiger partial charge is 0.277 e. The van der Waals surface area contributed by atoms with Gasteiger partial charge < -0.3 is 5.11 Å². The molecular weight excluding hydrogens is 481 g/mol. The molecule has 0 saturated heterocycles. The van der Waals surface area contributed by atoms with Crippen molar-refractivity contribution in [3.05, 3.63) is 101 Å². The molecule has 186 valence electrons. The van der Waals surface area contributed by atoms with Gasteiger partial charge in [0, 0.05) is 18.2 Å². The second-order valence-corrected chi connectivity index (χ2v) is 10.4. The standard InChI is InChI=1S/C27H26FN3O4S/c1-3-4-10-24-30-26(32)25(27(33)31(24)18(2)19-8-6-5-7-9-19)36(34,35)23-13-11-20(12-14-23)21-15-22(28)17-29-16-21/h5-9,11-18,32H,3-4,10H2,1-2H3/t18-/m0/s1. The first kappa shape index (κ1) is 25.2. The summed E-state index contributed by atoms with van der Waals surface area (Å²) in [6, 6.07) is 15.6. The highest BCUT2D eigenvalue weighted by Gasteiger charge is 2.31. The third kappa shape index (κ3) is 4.92. The number of unbranched alkanes of at least 4 members (excludes halogenated alkanes) is 1. The largest absolute Gasteiger partial charge is 0.492 e. The Morgan fingerprint density at radius 2 is 1.72 bits per heavy atom. The molecule has 0 radical (unpaired) electrons. The fourth-order valence-electron chi connectivity index (χ4n) is 4.09. The maximum absolute atomic E-state index is 13.7. The molecule has 0 unspecified atom stereocenters. The predicted octanol–water partition coefficient (Wildman–Crippen LogP) is 4.93. The summed E-state index contributed by atoms with van der Waals surface area (Å²) in [7, 11) is -4.42. The van der Waals surface area contributed by atoms with E-state index in [1.54, 1.807) is 6.92 Å². The molecule has 4 rings (SSSR count). The Balaban J connectivity index is 1.83. The number of hydrogen-bond acceptors (Lipinski definition) is 6. The van der Waals surface area contributed by atoms with Crippen LogP contribution in [-0.2, 0) is 16.3 Å². The summed E-state index contributed by atoms with van der Waals surface area (Å²) in [5.41, 5.74) is 1.00. The maximum atomic E-state index is 13.7. The molecule has 0 bridgehead atoms. The molecule has 0 saturated carbocycles. The van der Waals surface area contributed by atoms with E-state index in [1.165, 1.54) is 41.1 Å². The van der Waals surface area contributed by atoms with Gasteiger partial charge in [-0.25, -0.2) is 12.8 Å². The second kappa shape index (κ2) is 10.4. The molecule has 2 aromatic carbocycles. The van der Waals surface area contributed by atoms with Crippen LogP contribution in [0.15, 0.2) is 87.6 Å². The number of hydrogen-bond donors (Lipinski definition) is 1. The van der Waals surface area contributed by atoms with Gasteiger partial charge in [-0.3, -0.25) is 14.3 Å². The first-order valence-electron chi connectivity index (χ1n) is 11.6. The van der Waals surface area contributed by atoms with Gasteiger partial charge in [-0.2, -0.15) is 4.98 Å². The number of rotatable bonds is 8. The minimum absolute atomic E-state index is 0.190. The zero-order valence-corrected chi connectivity index (χ0v) is 20.7. The molecule has 0 aliphatic heterocycles. The molecule has 0 amide bonds. The summed E-state index contributed by atoms with van der Waals surface area (Å²) < 4.78 is 41.9. The van der Waals surface area contributed by atoms with Gasteiger partial charge in [-0.15, -0.1) is 0 Å².